The molecule has 0 spiro atoms. The molecular formula is C13H19NO3. The van der Waals surface area contributed by atoms with E-state index in [0.717, 1.165) is 11.1 Å². The van der Waals surface area contributed by atoms with Crippen molar-refractivity contribution in [2.24, 2.45) is 0 Å². The highest BCUT2D eigenvalue weighted by Crippen LogP contribution is 2.19. The Balaban J connectivity index is 2.66. The van der Waals surface area contributed by atoms with Gasteiger partial charge in [0.05, 0.1) is 19.6 Å². The van der Waals surface area contributed by atoms with Crippen molar-refractivity contribution < 1.29 is 14.6 Å². The van der Waals surface area contributed by atoms with E-state index in [2.05, 4.69) is 5.32 Å². The van der Waals surface area contributed by atoms with E-state index < -0.39 is 6.10 Å². The Bertz CT molecular complexity index is 388. The van der Waals surface area contributed by atoms with E-state index in [-0.39, 0.29) is 18.9 Å². The van der Waals surface area contributed by atoms with Crippen LogP contribution in [-0.2, 0) is 11.2 Å². The van der Waals surface area contributed by atoms with Crippen LogP contribution in [0.15, 0.2) is 18.2 Å². The molecule has 1 aromatic rings. The molecule has 4 heteroatoms. The van der Waals surface area contributed by atoms with Crippen LogP contribution in [0.3, 0.4) is 0 Å². The minimum atomic E-state index is -0.529. The molecule has 0 heterocycles. The Morgan fingerprint density at radius 1 is 1.53 bits per heavy atom. The van der Waals surface area contributed by atoms with Crippen LogP contribution in [0.4, 0.5) is 0 Å². The van der Waals surface area contributed by atoms with Gasteiger partial charge >= 0.3 is 0 Å². The van der Waals surface area contributed by atoms with Crippen LogP contribution >= 0.6 is 0 Å². The van der Waals surface area contributed by atoms with Crippen molar-refractivity contribution in [3.05, 3.63) is 29.3 Å². The average Bonchev–Trinajstić information content (AvgIpc) is 2.27. The van der Waals surface area contributed by atoms with E-state index in [1.54, 1.807) is 14.0 Å². The second-order valence-corrected chi connectivity index (χ2v) is 4.15. The smallest absolute Gasteiger partial charge is 0.224 e. The maximum Gasteiger partial charge on any atom is 0.224 e. The Kier molecular flexibility index (Phi) is 4.97. The molecule has 1 aromatic carbocycles. The Morgan fingerprint density at radius 2 is 2.24 bits per heavy atom. The van der Waals surface area contributed by atoms with Gasteiger partial charge in [0.2, 0.25) is 5.91 Å². The normalized spacial score (nSPS) is 12.0. The lowest BCUT2D eigenvalue weighted by molar-refractivity contribution is -0.120. The highest BCUT2D eigenvalue weighted by molar-refractivity contribution is 5.79. The Morgan fingerprint density at radius 3 is 2.82 bits per heavy atom. The highest BCUT2D eigenvalue weighted by Gasteiger charge is 2.09. The molecule has 0 saturated heterocycles. The van der Waals surface area contributed by atoms with Crippen LogP contribution in [0.5, 0.6) is 5.75 Å². The predicted molar refractivity (Wildman–Crippen MR) is 66.1 cm³/mol. The molecule has 1 amide bonds. The Hall–Kier alpha value is -1.55. The van der Waals surface area contributed by atoms with E-state index in [4.69, 9.17) is 9.84 Å². The first-order valence-corrected chi connectivity index (χ1v) is 5.61. The summed E-state index contributed by atoms with van der Waals surface area (Å²) in [5.74, 6) is 0.595. The average molecular weight is 237 g/mol. The molecular weight excluding hydrogens is 218 g/mol. The standard InChI is InChI=1S/C13H19NO3/c1-9-4-5-12(17-3)11(6-9)7-13(16)14-8-10(2)15/h4-6,10,15H,7-8H2,1-3H3,(H,14,16). The van der Waals surface area contributed by atoms with Gasteiger partial charge < -0.3 is 15.2 Å². The zero-order valence-electron chi connectivity index (χ0n) is 10.5. The lowest BCUT2D eigenvalue weighted by Crippen LogP contribution is -2.31. The number of aryl methyl sites for hydroxylation is 1. The SMILES string of the molecule is COc1ccc(C)cc1CC(=O)NCC(C)O. The summed E-state index contributed by atoms with van der Waals surface area (Å²) in [4.78, 5) is 11.6. The molecule has 1 unspecified atom stereocenters. The number of carbonyl (C=O) groups excluding carboxylic acids is 1. The van der Waals surface area contributed by atoms with Gasteiger partial charge in [0.1, 0.15) is 5.75 Å². The summed E-state index contributed by atoms with van der Waals surface area (Å²) in [6.45, 7) is 3.87. The van der Waals surface area contributed by atoms with E-state index >= 15 is 0 Å². The number of methoxy groups -OCH3 is 1. The molecule has 0 fully saturated rings. The molecule has 1 rings (SSSR count). The molecule has 0 bridgehead atoms. The first-order chi connectivity index (χ1) is 8.02. The lowest BCUT2D eigenvalue weighted by atomic mass is 10.1. The first kappa shape index (κ1) is 13.5. The number of carbonyl (C=O) groups is 1. The summed E-state index contributed by atoms with van der Waals surface area (Å²) in [7, 11) is 1.59. The largest absolute Gasteiger partial charge is 0.496 e. The van der Waals surface area contributed by atoms with Gasteiger partial charge in [0.15, 0.2) is 0 Å². The molecule has 17 heavy (non-hydrogen) atoms. The third-order valence-electron chi connectivity index (χ3n) is 2.38. The van der Waals surface area contributed by atoms with Crippen LogP contribution < -0.4 is 10.1 Å². The number of amides is 1. The summed E-state index contributed by atoms with van der Waals surface area (Å²) in [5.41, 5.74) is 1.94. The zero-order valence-corrected chi connectivity index (χ0v) is 10.5. The van der Waals surface area contributed by atoms with Crippen LogP contribution in [0, 0.1) is 6.92 Å². The fraction of sp³-hybridized carbons (Fsp3) is 0.462. The number of benzene rings is 1. The van der Waals surface area contributed by atoms with Gasteiger partial charge in [-0.15, -0.1) is 0 Å². The van der Waals surface area contributed by atoms with Crippen molar-refractivity contribution in [1.29, 1.82) is 0 Å². The van der Waals surface area contributed by atoms with Crippen LogP contribution in [0.25, 0.3) is 0 Å². The number of ether oxygens (including phenoxy) is 1. The molecule has 0 aliphatic heterocycles. The quantitative estimate of drug-likeness (QED) is 0.804. The molecule has 2 N–H and O–H groups in total. The van der Waals surface area contributed by atoms with E-state index in [0.29, 0.717) is 5.75 Å². The second kappa shape index (κ2) is 6.25. The lowest BCUT2D eigenvalue weighted by Gasteiger charge is -2.10. The summed E-state index contributed by atoms with van der Waals surface area (Å²) in [6.07, 6.45) is -0.268. The van der Waals surface area contributed by atoms with Crippen LogP contribution in [0.2, 0.25) is 0 Å². The minimum absolute atomic E-state index is 0.116. The van der Waals surface area contributed by atoms with E-state index in [9.17, 15) is 4.79 Å². The highest BCUT2D eigenvalue weighted by atomic mass is 16.5. The topological polar surface area (TPSA) is 58.6 Å². The molecule has 0 aromatic heterocycles. The summed E-state index contributed by atoms with van der Waals surface area (Å²) in [6, 6.07) is 5.73. The first-order valence-electron chi connectivity index (χ1n) is 5.61. The maximum absolute atomic E-state index is 11.6. The van der Waals surface area contributed by atoms with Gasteiger partial charge in [-0.1, -0.05) is 17.7 Å². The monoisotopic (exact) mass is 237 g/mol. The molecule has 0 aliphatic carbocycles. The van der Waals surface area contributed by atoms with Gasteiger partial charge in [-0.05, 0) is 19.9 Å². The van der Waals surface area contributed by atoms with Crippen molar-refractivity contribution in [2.75, 3.05) is 13.7 Å². The molecule has 0 aliphatic rings. The number of nitrogens with one attached hydrogen (secondary N) is 1. The van der Waals surface area contributed by atoms with Crippen molar-refractivity contribution in [3.8, 4) is 5.75 Å². The fourth-order valence-electron chi connectivity index (χ4n) is 1.54. The van der Waals surface area contributed by atoms with Gasteiger partial charge in [0.25, 0.3) is 0 Å². The van der Waals surface area contributed by atoms with Crippen molar-refractivity contribution >= 4 is 5.91 Å². The van der Waals surface area contributed by atoms with Gasteiger partial charge in [-0.25, -0.2) is 0 Å². The number of rotatable bonds is 5. The van der Waals surface area contributed by atoms with Crippen LogP contribution in [-0.4, -0.2) is 30.8 Å². The number of aliphatic hydroxyl groups excluding tert-OH is 1. The summed E-state index contributed by atoms with van der Waals surface area (Å²) >= 11 is 0. The van der Waals surface area contributed by atoms with E-state index in [1.807, 2.05) is 25.1 Å². The number of hydrogen-bond acceptors (Lipinski definition) is 3. The minimum Gasteiger partial charge on any atom is -0.496 e. The maximum atomic E-state index is 11.6. The zero-order chi connectivity index (χ0) is 12.8. The fourth-order valence-corrected chi connectivity index (χ4v) is 1.54. The van der Waals surface area contributed by atoms with E-state index in [1.165, 1.54) is 0 Å². The Labute approximate surface area is 102 Å². The van der Waals surface area contributed by atoms with Gasteiger partial charge in [0, 0.05) is 12.1 Å². The summed E-state index contributed by atoms with van der Waals surface area (Å²) in [5, 5.41) is 11.7. The predicted octanol–water partition coefficient (Wildman–Crippen LogP) is 1.04. The van der Waals surface area contributed by atoms with Gasteiger partial charge in [-0.2, -0.15) is 0 Å². The van der Waals surface area contributed by atoms with Gasteiger partial charge in [-0.3, -0.25) is 4.79 Å². The summed E-state index contributed by atoms with van der Waals surface area (Å²) < 4.78 is 5.20. The molecule has 4 nitrogen and oxygen atoms in total. The van der Waals surface area contributed by atoms with Crippen LogP contribution in [0.1, 0.15) is 18.1 Å². The number of hydrogen-bond donors (Lipinski definition) is 2. The molecule has 0 saturated carbocycles. The van der Waals surface area contributed by atoms with Crippen molar-refractivity contribution in [2.45, 2.75) is 26.4 Å². The van der Waals surface area contributed by atoms with Crippen molar-refractivity contribution in [1.82, 2.24) is 5.32 Å². The van der Waals surface area contributed by atoms with Crippen molar-refractivity contribution in [3.63, 3.8) is 0 Å². The second-order valence-electron chi connectivity index (χ2n) is 4.15. The third-order valence-corrected chi connectivity index (χ3v) is 2.38. The number of aliphatic hydroxyl groups is 1. The third kappa shape index (κ3) is 4.44. The molecule has 1 atom stereocenters. The molecule has 0 radical (unpaired) electrons. The molecule has 94 valence electrons.